The van der Waals surface area contributed by atoms with Crippen LogP contribution < -0.4 is 5.56 Å². The third-order valence-corrected chi connectivity index (χ3v) is 1.06. The van der Waals surface area contributed by atoms with Crippen molar-refractivity contribution in [3.63, 3.8) is 0 Å². The van der Waals surface area contributed by atoms with E-state index in [1.807, 2.05) is 6.07 Å². The molecule has 0 saturated heterocycles. The van der Waals surface area contributed by atoms with Crippen molar-refractivity contribution in [2.24, 2.45) is 0 Å². The Labute approximate surface area is 68.9 Å². The van der Waals surface area contributed by atoms with Crippen molar-refractivity contribution in [3.8, 4) is 17.9 Å². The topological polar surface area (TPSA) is 69.5 Å². The van der Waals surface area contributed by atoms with Crippen LogP contribution >= 0.6 is 0 Å². The Morgan fingerprint density at radius 1 is 1.58 bits per heavy atom. The summed E-state index contributed by atoms with van der Waals surface area (Å²) in [6.07, 6.45) is 0.167. The second-order valence-corrected chi connectivity index (χ2v) is 1.94. The van der Waals surface area contributed by atoms with Gasteiger partial charge < -0.3 is 0 Å². The maximum Gasteiger partial charge on any atom is 0.264 e. The Balaban J connectivity index is 2.81. The lowest BCUT2D eigenvalue weighted by molar-refractivity contribution is 0.974. The SMILES string of the molecule is N#CCC#Cc1ccc(=O)[nH]n1. The monoisotopic (exact) mass is 159 g/mol. The molecule has 1 aromatic rings. The van der Waals surface area contributed by atoms with Gasteiger partial charge >= 0.3 is 0 Å². The number of hydrogen-bond acceptors (Lipinski definition) is 3. The number of H-pyrrole nitrogens is 1. The van der Waals surface area contributed by atoms with E-state index >= 15 is 0 Å². The number of rotatable bonds is 0. The molecule has 0 amide bonds. The van der Waals surface area contributed by atoms with Crippen LogP contribution in [0.3, 0.4) is 0 Å². The summed E-state index contributed by atoms with van der Waals surface area (Å²) < 4.78 is 0. The van der Waals surface area contributed by atoms with Crippen LogP contribution in [0.1, 0.15) is 12.1 Å². The van der Waals surface area contributed by atoms with Gasteiger partial charge in [-0.2, -0.15) is 10.4 Å². The van der Waals surface area contributed by atoms with Crippen LogP contribution in [-0.2, 0) is 0 Å². The molecule has 0 aromatic carbocycles. The number of hydrogen-bond donors (Lipinski definition) is 1. The van der Waals surface area contributed by atoms with Crippen molar-refractivity contribution in [3.05, 3.63) is 28.2 Å². The molecule has 4 nitrogen and oxygen atoms in total. The summed E-state index contributed by atoms with van der Waals surface area (Å²) in [6.45, 7) is 0. The Kier molecular flexibility index (Phi) is 2.64. The minimum absolute atomic E-state index is 0.167. The second kappa shape index (κ2) is 3.95. The number of nitriles is 1. The molecule has 0 aliphatic carbocycles. The molecular weight excluding hydrogens is 154 g/mol. The fraction of sp³-hybridized carbons (Fsp3) is 0.125. The molecule has 0 saturated carbocycles. The molecular formula is C8H5N3O. The summed E-state index contributed by atoms with van der Waals surface area (Å²) in [5.74, 6) is 5.19. The zero-order valence-corrected chi connectivity index (χ0v) is 6.16. The van der Waals surface area contributed by atoms with E-state index < -0.39 is 0 Å². The van der Waals surface area contributed by atoms with Crippen LogP contribution in [0.25, 0.3) is 0 Å². The lowest BCUT2D eigenvalue weighted by Gasteiger charge is -1.83. The van der Waals surface area contributed by atoms with Gasteiger partial charge in [-0.25, -0.2) is 5.10 Å². The smallest absolute Gasteiger partial charge is 0.264 e. The highest BCUT2D eigenvalue weighted by atomic mass is 16.1. The van der Waals surface area contributed by atoms with Crippen molar-refractivity contribution in [2.45, 2.75) is 6.42 Å². The molecule has 4 heteroatoms. The van der Waals surface area contributed by atoms with Crippen LogP contribution in [-0.4, -0.2) is 10.2 Å². The Hall–Kier alpha value is -2.07. The average molecular weight is 159 g/mol. The molecule has 1 N–H and O–H groups in total. The molecule has 0 bridgehead atoms. The first kappa shape index (κ1) is 8.03. The van der Waals surface area contributed by atoms with E-state index in [2.05, 4.69) is 22.0 Å². The van der Waals surface area contributed by atoms with E-state index in [0.717, 1.165) is 0 Å². The summed E-state index contributed by atoms with van der Waals surface area (Å²) >= 11 is 0. The minimum atomic E-state index is -0.263. The van der Waals surface area contributed by atoms with Gasteiger partial charge in [0.25, 0.3) is 5.56 Å². The third-order valence-electron chi connectivity index (χ3n) is 1.06. The summed E-state index contributed by atoms with van der Waals surface area (Å²) in [4.78, 5) is 10.5. The van der Waals surface area contributed by atoms with Gasteiger partial charge in [-0.1, -0.05) is 5.92 Å². The molecule has 58 valence electrons. The fourth-order valence-electron chi connectivity index (χ4n) is 0.588. The van der Waals surface area contributed by atoms with E-state index in [4.69, 9.17) is 5.26 Å². The first-order valence-corrected chi connectivity index (χ1v) is 3.24. The summed E-state index contributed by atoms with van der Waals surface area (Å²) in [5.41, 5.74) is 0.200. The summed E-state index contributed by atoms with van der Waals surface area (Å²) in [6, 6.07) is 4.72. The molecule has 0 radical (unpaired) electrons. The Bertz CT molecular complexity index is 396. The lowest BCUT2D eigenvalue weighted by Crippen LogP contribution is -2.05. The van der Waals surface area contributed by atoms with Crippen molar-refractivity contribution in [1.29, 1.82) is 5.26 Å². The maximum absolute atomic E-state index is 10.5. The molecule has 0 aliphatic rings. The molecule has 0 atom stereocenters. The van der Waals surface area contributed by atoms with Gasteiger partial charge in [0.2, 0.25) is 0 Å². The van der Waals surface area contributed by atoms with Gasteiger partial charge in [-0.05, 0) is 12.0 Å². The van der Waals surface area contributed by atoms with Gasteiger partial charge in [0, 0.05) is 6.07 Å². The maximum atomic E-state index is 10.5. The van der Waals surface area contributed by atoms with E-state index in [9.17, 15) is 4.79 Å². The van der Waals surface area contributed by atoms with E-state index in [0.29, 0.717) is 5.69 Å². The molecule has 0 fully saturated rings. The molecule has 1 rings (SSSR count). The Morgan fingerprint density at radius 3 is 3.00 bits per heavy atom. The van der Waals surface area contributed by atoms with E-state index in [1.165, 1.54) is 12.1 Å². The van der Waals surface area contributed by atoms with Crippen LogP contribution in [0.2, 0.25) is 0 Å². The summed E-state index contributed by atoms with van der Waals surface area (Å²) in [7, 11) is 0. The molecule has 1 heterocycles. The lowest BCUT2D eigenvalue weighted by atomic mass is 10.3. The predicted octanol–water partition coefficient (Wildman–Crippen LogP) is 0.0351. The van der Waals surface area contributed by atoms with Crippen LogP contribution in [0.5, 0.6) is 0 Å². The first-order chi connectivity index (χ1) is 5.83. The van der Waals surface area contributed by atoms with Crippen molar-refractivity contribution < 1.29 is 0 Å². The summed E-state index contributed by atoms with van der Waals surface area (Å²) in [5, 5.41) is 14.0. The Morgan fingerprint density at radius 2 is 2.42 bits per heavy atom. The van der Waals surface area contributed by atoms with Gasteiger partial charge in [0.05, 0.1) is 12.5 Å². The quantitative estimate of drug-likeness (QED) is 0.543. The van der Waals surface area contributed by atoms with Crippen molar-refractivity contribution in [2.75, 3.05) is 0 Å². The van der Waals surface area contributed by atoms with Gasteiger partial charge in [0.15, 0.2) is 0 Å². The predicted molar refractivity (Wildman–Crippen MR) is 42.0 cm³/mol. The van der Waals surface area contributed by atoms with Gasteiger partial charge in [-0.3, -0.25) is 4.79 Å². The van der Waals surface area contributed by atoms with Crippen LogP contribution in [0.15, 0.2) is 16.9 Å². The highest BCUT2D eigenvalue weighted by molar-refractivity contribution is 5.26. The standard InChI is InChI=1S/C8H5N3O/c9-6-2-1-3-7-4-5-8(12)11-10-7/h4-5H,2H2,(H,11,12). The fourth-order valence-corrected chi connectivity index (χ4v) is 0.588. The van der Waals surface area contributed by atoms with Crippen molar-refractivity contribution >= 4 is 0 Å². The molecule has 1 aromatic heterocycles. The molecule has 12 heavy (non-hydrogen) atoms. The normalized spacial score (nSPS) is 7.92. The van der Waals surface area contributed by atoms with Gasteiger partial charge in [-0.15, -0.1) is 0 Å². The molecule has 0 unspecified atom stereocenters. The van der Waals surface area contributed by atoms with E-state index in [1.54, 1.807) is 0 Å². The minimum Gasteiger partial charge on any atom is -0.268 e. The highest BCUT2D eigenvalue weighted by Gasteiger charge is 1.85. The zero-order chi connectivity index (χ0) is 8.81. The molecule has 0 spiro atoms. The first-order valence-electron chi connectivity index (χ1n) is 3.24. The average Bonchev–Trinajstić information content (AvgIpc) is 2.09. The van der Waals surface area contributed by atoms with E-state index in [-0.39, 0.29) is 12.0 Å². The molecule has 0 aliphatic heterocycles. The number of aromatic amines is 1. The zero-order valence-electron chi connectivity index (χ0n) is 6.16. The highest BCUT2D eigenvalue weighted by Crippen LogP contribution is 1.83. The third kappa shape index (κ3) is 2.28. The van der Waals surface area contributed by atoms with Gasteiger partial charge in [0.1, 0.15) is 5.69 Å². The number of nitrogens with one attached hydrogen (secondary N) is 1. The number of nitrogens with zero attached hydrogens (tertiary/aromatic N) is 2. The van der Waals surface area contributed by atoms with Crippen molar-refractivity contribution in [1.82, 2.24) is 10.2 Å². The van der Waals surface area contributed by atoms with Crippen LogP contribution in [0, 0.1) is 23.2 Å². The largest absolute Gasteiger partial charge is 0.268 e. The van der Waals surface area contributed by atoms with Crippen LogP contribution in [0.4, 0.5) is 0 Å². The second-order valence-electron chi connectivity index (χ2n) is 1.94. The number of aromatic nitrogens is 2.